The second-order valence-electron chi connectivity index (χ2n) is 6.30. The molecule has 7 nitrogen and oxygen atoms in total. The van der Waals surface area contributed by atoms with Gasteiger partial charge in [0.25, 0.3) is 0 Å². The van der Waals surface area contributed by atoms with Crippen LogP contribution in [0.2, 0.25) is 0 Å². The van der Waals surface area contributed by atoms with Crippen LogP contribution >= 0.6 is 0 Å². The van der Waals surface area contributed by atoms with Crippen LogP contribution in [0.25, 0.3) is 0 Å². The van der Waals surface area contributed by atoms with E-state index in [0.29, 0.717) is 23.8 Å². The summed E-state index contributed by atoms with van der Waals surface area (Å²) in [6.07, 6.45) is 1.58. The number of sulfonamides is 1. The fraction of sp³-hybridized carbons (Fsp3) is 0.600. The van der Waals surface area contributed by atoms with Crippen molar-refractivity contribution >= 4 is 10.0 Å². The molecule has 0 saturated carbocycles. The van der Waals surface area contributed by atoms with E-state index in [2.05, 4.69) is 14.8 Å². The normalized spacial score (nSPS) is 18.4. The van der Waals surface area contributed by atoms with E-state index in [4.69, 9.17) is 4.42 Å². The van der Waals surface area contributed by atoms with Crippen molar-refractivity contribution in [2.75, 3.05) is 0 Å². The molecular formula is C15H22N4O3S. The van der Waals surface area contributed by atoms with Crippen LogP contribution in [0.4, 0.5) is 0 Å². The zero-order valence-corrected chi connectivity index (χ0v) is 14.6. The van der Waals surface area contributed by atoms with E-state index in [1.165, 1.54) is 0 Å². The monoisotopic (exact) mass is 338 g/mol. The van der Waals surface area contributed by atoms with Crippen LogP contribution in [0.15, 0.2) is 15.4 Å². The lowest BCUT2D eigenvalue weighted by atomic mass is 10.1. The molecule has 2 aromatic rings. The first-order chi connectivity index (χ1) is 10.8. The fourth-order valence-corrected chi connectivity index (χ4v) is 4.32. The molecule has 1 atom stereocenters. The standard InChI is InChI=1S/C15H22N4O3S/c1-9(2)14-16-15-12(6-5-7-19(15)17-14)18-23(20,21)13-8-10(3)22-11(13)4/h8-9,12,18H,5-7H2,1-4H3. The minimum absolute atomic E-state index is 0.190. The molecule has 8 heteroatoms. The summed E-state index contributed by atoms with van der Waals surface area (Å²) in [6.45, 7) is 8.22. The Hall–Kier alpha value is -1.67. The third-order valence-electron chi connectivity index (χ3n) is 3.99. The van der Waals surface area contributed by atoms with Gasteiger partial charge in [0.05, 0.1) is 6.04 Å². The van der Waals surface area contributed by atoms with Crippen molar-refractivity contribution in [1.29, 1.82) is 0 Å². The third-order valence-corrected chi connectivity index (χ3v) is 5.57. The minimum Gasteiger partial charge on any atom is -0.465 e. The Morgan fingerprint density at radius 3 is 2.74 bits per heavy atom. The number of aromatic nitrogens is 3. The van der Waals surface area contributed by atoms with Gasteiger partial charge in [-0.1, -0.05) is 13.8 Å². The molecule has 3 heterocycles. The van der Waals surface area contributed by atoms with Crippen molar-refractivity contribution in [3.8, 4) is 0 Å². The fourth-order valence-electron chi connectivity index (χ4n) is 2.85. The van der Waals surface area contributed by atoms with Crippen LogP contribution < -0.4 is 4.72 Å². The van der Waals surface area contributed by atoms with Crippen LogP contribution in [0.5, 0.6) is 0 Å². The van der Waals surface area contributed by atoms with Gasteiger partial charge in [-0.3, -0.25) is 0 Å². The number of furan rings is 1. The molecule has 1 N–H and O–H groups in total. The molecule has 1 unspecified atom stereocenters. The largest absolute Gasteiger partial charge is 0.465 e. The molecule has 1 aliphatic rings. The van der Waals surface area contributed by atoms with Crippen LogP contribution in [-0.2, 0) is 16.6 Å². The molecule has 0 bridgehead atoms. The first-order valence-corrected chi connectivity index (χ1v) is 9.30. The average molecular weight is 338 g/mol. The van der Waals surface area contributed by atoms with Crippen molar-refractivity contribution in [3.63, 3.8) is 0 Å². The Kier molecular flexibility index (Phi) is 4.05. The molecule has 0 saturated heterocycles. The highest BCUT2D eigenvalue weighted by molar-refractivity contribution is 7.89. The Bertz CT molecular complexity index is 820. The molecular weight excluding hydrogens is 316 g/mol. The predicted molar refractivity (Wildman–Crippen MR) is 84.6 cm³/mol. The zero-order valence-electron chi connectivity index (χ0n) is 13.8. The molecule has 1 aliphatic heterocycles. The molecule has 0 amide bonds. The van der Waals surface area contributed by atoms with Crippen molar-refractivity contribution < 1.29 is 12.8 Å². The van der Waals surface area contributed by atoms with Gasteiger partial charge in [0.1, 0.15) is 22.2 Å². The SMILES string of the molecule is Cc1cc(S(=O)(=O)NC2CCCn3nc(C(C)C)nc32)c(C)o1. The van der Waals surface area contributed by atoms with Crippen LogP contribution in [0, 0.1) is 13.8 Å². The lowest BCUT2D eigenvalue weighted by Crippen LogP contribution is -2.33. The van der Waals surface area contributed by atoms with Crippen molar-refractivity contribution in [3.05, 3.63) is 29.2 Å². The van der Waals surface area contributed by atoms with Gasteiger partial charge >= 0.3 is 0 Å². The maximum absolute atomic E-state index is 12.7. The smallest absolute Gasteiger partial charge is 0.244 e. The topological polar surface area (TPSA) is 90.0 Å². The summed E-state index contributed by atoms with van der Waals surface area (Å²) in [7, 11) is -3.65. The van der Waals surface area contributed by atoms with E-state index < -0.39 is 10.0 Å². The number of fused-ring (bicyclic) bond motifs is 1. The average Bonchev–Trinajstić information content (AvgIpc) is 3.02. The Morgan fingerprint density at radius 2 is 2.13 bits per heavy atom. The summed E-state index contributed by atoms with van der Waals surface area (Å²) in [5.74, 6) is 2.64. The van der Waals surface area contributed by atoms with Crippen molar-refractivity contribution in [2.45, 2.75) is 63.9 Å². The van der Waals surface area contributed by atoms with Gasteiger partial charge in [-0.25, -0.2) is 22.8 Å². The molecule has 0 fully saturated rings. The first kappa shape index (κ1) is 16.2. The highest BCUT2D eigenvalue weighted by atomic mass is 32.2. The number of rotatable bonds is 4. The van der Waals surface area contributed by atoms with E-state index in [0.717, 1.165) is 18.8 Å². The van der Waals surface area contributed by atoms with Gasteiger partial charge in [-0.05, 0) is 32.8 Å². The molecule has 0 spiro atoms. The minimum atomic E-state index is -3.65. The summed E-state index contributed by atoms with van der Waals surface area (Å²) in [5.41, 5.74) is 0. The van der Waals surface area contributed by atoms with E-state index in [9.17, 15) is 8.42 Å². The van der Waals surface area contributed by atoms with Gasteiger partial charge in [-0.15, -0.1) is 0 Å². The van der Waals surface area contributed by atoms with E-state index >= 15 is 0 Å². The second-order valence-corrected chi connectivity index (χ2v) is 7.98. The van der Waals surface area contributed by atoms with E-state index in [-0.39, 0.29) is 16.9 Å². The van der Waals surface area contributed by atoms with Gasteiger partial charge in [0, 0.05) is 12.5 Å². The molecule has 0 radical (unpaired) electrons. The quantitative estimate of drug-likeness (QED) is 0.924. The van der Waals surface area contributed by atoms with Crippen molar-refractivity contribution in [2.24, 2.45) is 0 Å². The molecule has 0 aliphatic carbocycles. The van der Waals surface area contributed by atoms with Crippen LogP contribution in [0.3, 0.4) is 0 Å². The van der Waals surface area contributed by atoms with E-state index in [1.807, 2.05) is 18.5 Å². The molecule has 2 aromatic heterocycles. The highest BCUT2D eigenvalue weighted by Gasteiger charge is 2.30. The van der Waals surface area contributed by atoms with Crippen molar-refractivity contribution in [1.82, 2.24) is 19.5 Å². The number of hydrogen-bond donors (Lipinski definition) is 1. The molecule has 3 rings (SSSR count). The predicted octanol–water partition coefficient (Wildman–Crippen LogP) is 2.42. The van der Waals surface area contributed by atoms with Gasteiger partial charge in [0.15, 0.2) is 5.82 Å². The second kappa shape index (κ2) is 5.76. The van der Waals surface area contributed by atoms with Gasteiger partial charge in [-0.2, -0.15) is 5.10 Å². The van der Waals surface area contributed by atoms with Gasteiger partial charge in [0.2, 0.25) is 10.0 Å². The third kappa shape index (κ3) is 3.05. The summed E-state index contributed by atoms with van der Waals surface area (Å²) in [4.78, 5) is 4.73. The van der Waals surface area contributed by atoms with Crippen LogP contribution in [0.1, 0.15) is 61.8 Å². The Balaban J connectivity index is 1.91. The summed E-state index contributed by atoms with van der Waals surface area (Å²) in [6, 6.07) is 1.19. The highest BCUT2D eigenvalue weighted by Crippen LogP contribution is 2.28. The number of aryl methyl sites for hydroxylation is 3. The maximum Gasteiger partial charge on any atom is 0.244 e. The number of nitrogens with one attached hydrogen (secondary N) is 1. The summed E-state index contributed by atoms with van der Waals surface area (Å²) >= 11 is 0. The molecule has 23 heavy (non-hydrogen) atoms. The summed E-state index contributed by atoms with van der Waals surface area (Å²) < 4.78 is 35.2. The number of nitrogens with zero attached hydrogens (tertiary/aromatic N) is 3. The lowest BCUT2D eigenvalue weighted by molar-refractivity contribution is 0.399. The lowest BCUT2D eigenvalue weighted by Gasteiger charge is -2.22. The summed E-state index contributed by atoms with van der Waals surface area (Å²) in [5, 5.41) is 4.48. The maximum atomic E-state index is 12.7. The molecule has 0 aromatic carbocycles. The van der Waals surface area contributed by atoms with E-state index in [1.54, 1.807) is 19.9 Å². The molecule has 126 valence electrons. The van der Waals surface area contributed by atoms with Gasteiger partial charge < -0.3 is 4.42 Å². The number of hydrogen-bond acceptors (Lipinski definition) is 5. The Labute approximate surface area is 136 Å². The Morgan fingerprint density at radius 1 is 1.39 bits per heavy atom. The zero-order chi connectivity index (χ0) is 16.8. The first-order valence-electron chi connectivity index (χ1n) is 7.82. The van der Waals surface area contributed by atoms with Crippen LogP contribution in [-0.4, -0.2) is 23.2 Å².